The van der Waals surface area contributed by atoms with Gasteiger partial charge in [-0.3, -0.25) is 14.6 Å². The highest BCUT2D eigenvalue weighted by molar-refractivity contribution is 6.46. The topological polar surface area (TPSA) is 83.0 Å². The van der Waals surface area contributed by atoms with Crippen LogP contribution in [0.4, 0.5) is 0 Å². The zero-order chi connectivity index (χ0) is 21.8. The number of hydrogen-bond acceptors (Lipinski definition) is 6. The number of amides is 1. The molecule has 1 amide bonds. The number of ether oxygens (including phenoxy) is 1. The van der Waals surface area contributed by atoms with Crippen LogP contribution < -0.4 is 4.74 Å². The van der Waals surface area contributed by atoms with Crippen molar-refractivity contribution in [3.05, 3.63) is 65.0 Å². The molecule has 1 aromatic carbocycles. The second-order valence-electron chi connectivity index (χ2n) is 7.59. The molecule has 1 atom stereocenters. The molecule has 1 N–H and O–H groups in total. The standard InChI is InChI=1S/C23H27N3O4/c1-15-14-16(9-10-18(15)30-4)21(27)19-20(17-8-5-6-11-24-17)26(23(29)22(19)28)13-7-12-25(2)3/h5-6,8-11,14,20,27H,7,12-13H2,1-4H3/b21-19+/t20-/m0/s1. The van der Waals surface area contributed by atoms with E-state index < -0.39 is 17.7 Å². The minimum Gasteiger partial charge on any atom is -0.507 e. The maximum atomic E-state index is 12.9. The van der Waals surface area contributed by atoms with Crippen molar-refractivity contribution in [1.29, 1.82) is 0 Å². The molecule has 3 rings (SSSR count). The molecule has 1 saturated heterocycles. The molecule has 7 nitrogen and oxygen atoms in total. The molecule has 0 unspecified atom stereocenters. The number of likely N-dealkylation sites (tertiary alicyclic amines) is 1. The first-order valence-corrected chi connectivity index (χ1v) is 9.84. The van der Waals surface area contributed by atoms with E-state index in [4.69, 9.17) is 4.74 Å². The minimum atomic E-state index is -0.726. The molecule has 1 aliphatic rings. The van der Waals surface area contributed by atoms with Crippen molar-refractivity contribution in [3.63, 3.8) is 0 Å². The number of Topliss-reactive ketones (excluding diaryl/α,β-unsaturated/α-hetero) is 1. The Hall–Kier alpha value is -3.19. The van der Waals surface area contributed by atoms with Gasteiger partial charge in [0.2, 0.25) is 0 Å². The SMILES string of the molecule is COc1ccc(/C(O)=C2\C(=O)C(=O)N(CCCN(C)C)[C@H]2c2ccccn2)cc1C. The van der Waals surface area contributed by atoms with Crippen molar-refractivity contribution in [3.8, 4) is 5.75 Å². The van der Waals surface area contributed by atoms with Crippen molar-refractivity contribution >= 4 is 17.4 Å². The second kappa shape index (κ2) is 9.09. The van der Waals surface area contributed by atoms with Crippen LogP contribution in [-0.4, -0.2) is 65.9 Å². The molecule has 2 aromatic rings. The first-order valence-electron chi connectivity index (χ1n) is 9.84. The van der Waals surface area contributed by atoms with E-state index in [0.29, 0.717) is 30.0 Å². The summed E-state index contributed by atoms with van der Waals surface area (Å²) in [5.74, 6) is -0.834. The molecule has 0 spiro atoms. The van der Waals surface area contributed by atoms with E-state index in [2.05, 4.69) is 4.98 Å². The van der Waals surface area contributed by atoms with Gasteiger partial charge in [-0.15, -0.1) is 0 Å². The average molecular weight is 409 g/mol. The number of nitrogens with zero attached hydrogens (tertiary/aromatic N) is 3. The first kappa shape index (κ1) is 21.5. The van der Waals surface area contributed by atoms with Gasteiger partial charge in [0.25, 0.3) is 11.7 Å². The van der Waals surface area contributed by atoms with Gasteiger partial charge in [-0.2, -0.15) is 0 Å². The molecule has 0 aliphatic carbocycles. The van der Waals surface area contributed by atoms with Gasteiger partial charge in [-0.25, -0.2) is 0 Å². The summed E-state index contributed by atoms with van der Waals surface area (Å²) in [6.45, 7) is 3.02. The smallest absolute Gasteiger partial charge is 0.295 e. The largest absolute Gasteiger partial charge is 0.507 e. The maximum absolute atomic E-state index is 12.9. The summed E-state index contributed by atoms with van der Waals surface area (Å²) in [5, 5.41) is 11.1. The average Bonchev–Trinajstić information content (AvgIpc) is 2.98. The fourth-order valence-electron chi connectivity index (χ4n) is 3.69. The molecule has 0 radical (unpaired) electrons. The van der Waals surface area contributed by atoms with Crippen LogP contribution in [0.2, 0.25) is 0 Å². The van der Waals surface area contributed by atoms with Crippen molar-refractivity contribution in [2.24, 2.45) is 0 Å². The van der Waals surface area contributed by atoms with Gasteiger partial charge in [0.1, 0.15) is 17.6 Å². The van der Waals surface area contributed by atoms with Crippen molar-refractivity contribution in [1.82, 2.24) is 14.8 Å². The Bertz CT molecular complexity index is 970. The summed E-state index contributed by atoms with van der Waals surface area (Å²) >= 11 is 0. The fraction of sp³-hybridized carbons (Fsp3) is 0.348. The monoisotopic (exact) mass is 409 g/mol. The quantitative estimate of drug-likeness (QED) is 0.430. The van der Waals surface area contributed by atoms with Crippen LogP contribution in [0.3, 0.4) is 0 Å². The lowest BCUT2D eigenvalue weighted by atomic mass is 9.97. The number of aromatic nitrogens is 1. The predicted octanol–water partition coefficient (Wildman–Crippen LogP) is 2.77. The predicted molar refractivity (Wildman–Crippen MR) is 114 cm³/mol. The number of benzene rings is 1. The Labute approximate surface area is 176 Å². The molecule has 0 saturated carbocycles. The highest BCUT2D eigenvalue weighted by atomic mass is 16.5. The Morgan fingerprint density at radius 1 is 1.23 bits per heavy atom. The summed E-state index contributed by atoms with van der Waals surface area (Å²) in [4.78, 5) is 33.7. The van der Waals surface area contributed by atoms with E-state index in [-0.39, 0.29) is 11.3 Å². The number of aryl methyl sites for hydroxylation is 1. The van der Waals surface area contributed by atoms with E-state index >= 15 is 0 Å². The molecule has 1 aromatic heterocycles. The van der Waals surface area contributed by atoms with Crippen LogP contribution >= 0.6 is 0 Å². The van der Waals surface area contributed by atoms with Crippen LogP contribution in [-0.2, 0) is 9.59 Å². The second-order valence-corrected chi connectivity index (χ2v) is 7.59. The van der Waals surface area contributed by atoms with Crippen molar-refractivity contribution < 1.29 is 19.4 Å². The number of rotatable bonds is 7. The molecule has 1 aliphatic heterocycles. The van der Waals surface area contributed by atoms with Crippen LogP contribution in [0, 0.1) is 6.92 Å². The van der Waals surface area contributed by atoms with E-state index in [1.807, 2.05) is 25.9 Å². The van der Waals surface area contributed by atoms with Crippen LogP contribution in [0.15, 0.2) is 48.2 Å². The number of aliphatic hydroxyl groups excluding tert-OH is 1. The third kappa shape index (κ3) is 4.21. The van der Waals surface area contributed by atoms with Crippen molar-refractivity contribution in [2.75, 3.05) is 34.3 Å². The highest BCUT2D eigenvalue weighted by Gasteiger charge is 2.46. The molecule has 1 fully saturated rings. The number of ketones is 1. The lowest BCUT2D eigenvalue weighted by Crippen LogP contribution is -2.32. The Morgan fingerprint density at radius 3 is 2.60 bits per heavy atom. The fourth-order valence-corrected chi connectivity index (χ4v) is 3.69. The lowest BCUT2D eigenvalue weighted by molar-refractivity contribution is -0.140. The van der Waals surface area contributed by atoms with Crippen LogP contribution in [0.5, 0.6) is 5.75 Å². The summed E-state index contributed by atoms with van der Waals surface area (Å²) in [6.07, 6.45) is 2.32. The third-order valence-corrected chi connectivity index (χ3v) is 5.18. The van der Waals surface area contributed by atoms with E-state index in [9.17, 15) is 14.7 Å². The number of aliphatic hydroxyl groups is 1. The number of pyridine rings is 1. The number of carbonyl (C=O) groups is 2. The molecular formula is C23H27N3O4. The van der Waals surface area contributed by atoms with Crippen LogP contribution in [0.25, 0.3) is 5.76 Å². The van der Waals surface area contributed by atoms with Gasteiger partial charge in [0.05, 0.1) is 18.4 Å². The van der Waals surface area contributed by atoms with Gasteiger partial charge in [0, 0.05) is 18.3 Å². The minimum absolute atomic E-state index is 0.0631. The zero-order valence-electron chi connectivity index (χ0n) is 17.8. The van der Waals surface area contributed by atoms with Crippen molar-refractivity contribution in [2.45, 2.75) is 19.4 Å². The highest BCUT2D eigenvalue weighted by Crippen LogP contribution is 2.39. The van der Waals surface area contributed by atoms with Crippen LogP contribution in [0.1, 0.15) is 29.3 Å². The normalized spacial score (nSPS) is 18.3. The number of carbonyl (C=O) groups excluding carboxylic acids is 2. The molecule has 158 valence electrons. The summed E-state index contributed by atoms with van der Waals surface area (Å²) in [5.41, 5.74) is 1.89. The molecule has 0 bridgehead atoms. The number of methoxy groups -OCH3 is 1. The van der Waals surface area contributed by atoms with E-state index in [0.717, 1.165) is 12.1 Å². The Balaban J connectivity index is 2.08. The zero-order valence-corrected chi connectivity index (χ0v) is 17.8. The lowest BCUT2D eigenvalue weighted by Gasteiger charge is -2.25. The summed E-state index contributed by atoms with van der Waals surface area (Å²) in [6, 6.07) is 9.76. The number of hydrogen-bond donors (Lipinski definition) is 1. The maximum Gasteiger partial charge on any atom is 0.295 e. The third-order valence-electron chi connectivity index (χ3n) is 5.18. The van der Waals surface area contributed by atoms with Gasteiger partial charge < -0.3 is 19.6 Å². The van der Waals surface area contributed by atoms with Gasteiger partial charge in [0.15, 0.2) is 0 Å². The molecule has 30 heavy (non-hydrogen) atoms. The van der Waals surface area contributed by atoms with Gasteiger partial charge >= 0.3 is 0 Å². The van der Waals surface area contributed by atoms with E-state index in [1.54, 1.807) is 49.7 Å². The molecule has 2 heterocycles. The first-order chi connectivity index (χ1) is 14.3. The molecule has 7 heteroatoms. The summed E-state index contributed by atoms with van der Waals surface area (Å²) < 4.78 is 5.27. The molecular weight excluding hydrogens is 382 g/mol. The van der Waals surface area contributed by atoms with E-state index in [1.165, 1.54) is 4.90 Å². The Kier molecular flexibility index (Phi) is 6.52. The summed E-state index contributed by atoms with van der Waals surface area (Å²) in [7, 11) is 5.48. The Morgan fingerprint density at radius 2 is 2.00 bits per heavy atom. The van der Waals surface area contributed by atoms with Gasteiger partial charge in [-0.1, -0.05) is 6.07 Å². The van der Waals surface area contributed by atoms with Gasteiger partial charge in [-0.05, 0) is 69.9 Å².